The molecule has 4 aliphatic rings. The minimum atomic E-state index is 0.330. The quantitative estimate of drug-likeness (QED) is 0.576. The van der Waals surface area contributed by atoms with E-state index in [2.05, 4.69) is 41.2 Å². The summed E-state index contributed by atoms with van der Waals surface area (Å²) in [5, 5.41) is 0. The Kier molecular flexibility index (Phi) is 4.63. The Bertz CT molecular complexity index is 1010. The van der Waals surface area contributed by atoms with Gasteiger partial charge in [0.15, 0.2) is 5.78 Å². The van der Waals surface area contributed by atoms with Crippen LogP contribution >= 0.6 is 0 Å². The molecule has 160 valence electrons. The van der Waals surface area contributed by atoms with Crippen LogP contribution < -0.4 is 0 Å². The van der Waals surface area contributed by atoms with Gasteiger partial charge in [0.25, 0.3) is 0 Å². The Morgan fingerprint density at radius 1 is 0.935 bits per heavy atom. The molecule has 6 rings (SSSR count). The number of aromatic nitrogens is 2. The maximum Gasteiger partial charge on any atom is 0.156 e. The first kappa shape index (κ1) is 19.4. The third-order valence-electron chi connectivity index (χ3n) is 9.36. The summed E-state index contributed by atoms with van der Waals surface area (Å²) < 4.78 is 0. The minimum Gasteiger partial charge on any atom is -0.295 e. The van der Waals surface area contributed by atoms with E-state index in [-0.39, 0.29) is 0 Å². The maximum atomic E-state index is 12.7. The normalized spacial score (nSPS) is 36.9. The van der Waals surface area contributed by atoms with Gasteiger partial charge in [0.2, 0.25) is 0 Å². The smallest absolute Gasteiger partial charge is 0.156 e. The SMILES string of the molecule is C[C@@]12CCC[C@H]1[C@@H]1CCC3=CC(=O)CC(c4ccc(-c5cncnc5)cc4)[C@@H]3[C@H]1CC2. The van der Waals surface area contributed by atoms with Crippen molar-refractivity contribution in [1.82, 2.24) is 9.97 Å². The second-order valence-electron chi connectivity index (χ2n) is 10.8. The molecule has 0 bridgehead atoms. The van der Waals surface area contributed by atoms with Crippen molar-refractivity contribution in [3.63, 3.8) is 0 Å². The lowest BCUT2D eigenvalue weighted by Crippen LogP contribution is -2.46. The van der Waals surface area contributed by atoms with E-state index in [4.69, 9.17) is 0 Å². The molecule has 6 atom stereocenters. The zero-order valence-electron chi connectivity index (χ0n) is 18.5. The minimum absolute atomic E-state index is 0.330. The Labute approximate surface area is 185 Å². The Hall–Kier alpha value is -2.29. The highest BCUT2D eigenvalue weighted by Crippen LogP contribution is 2.63. The van der Waals surface area contributed by atoms with Crippen molar-refractivity contribution >= 4 is 5.78 Å². The van der Waals surface area contributed by atoms with Gasteiger partial charge in [-0.25, -0.2) is 9.97 Å². The summed E-state index contributed by atoms with van der Waals surface area (Å²) in [6.45, 7) is 2.57. The molecule has 3 nitrogen and oxygen atoms in total. The maximum absolute atomic E-state index is 12.7. The Morgan fingerprint density at radius 3 is 2.55 bits per heavy atom. The number of allylic oxidation sites excluding steroid dienone is 1. The lowest BCUT2D eigenvalue weighted by molar-refractivity contribution is -0.116. The molecule has 3 saturated carbocycles. The first-order chi connectivity index (χ1) is 15.1. The van der Waals surface area contributed by atoms with Crippen LogP contribution in [0.1, 0.15) is 69.8 Å². The van der Waals surface area contributed by atoms with Crippen LogP contribution in [0.15, 0.2) is 54.6 Å². The molecule has 0 amide bonds. The first-order valence-corrected chi connectivity index (χ1v) is 12.2. The lowest BCUT2D eigenvalue weighted by atomic mass is 9.50. The van der Waals surface area contributed by atoms with Gasteiger partial charge in [0.1, 0.15) is 6.33 Å². The van der Waals surface area contributed by atoms with E-state index in [1.165, 1.54) is 49.7 Å². The summed E-state index contributed by atoms with van der Waals surface area (Å²) in [7, 11) is 0. The molecule has 3 fully saturated rings. The monoisotopic (exact) mass is 412 g/mol. The van der Waals surface area contributed by atoms with Crippen LogP contribution in [-0.4, -0.2) is 15.8 Å². The second-order valence-corrected chi connectivity index (χ2v) is 10.8. The summed E-state index contributed by atoms with van der Waals surface area (Å²) in [5.74, 6) is 3.76. The van der Waals surface area contributed by atoms with Crippen LogP contribution in [0.25, 0.3) is 11.1 Å². The van der Waals surface area contributed by atoms with E-state index in [9.17, 15) is 4.79 Å². The highest BCUT2D eigenvalue weighted by Gasteiger charge is 2.54. The van der Waals surface area contributed by atoms with Gasteiger partial charge < -0.3 is 0 Å². The zero-order valence-corrected chi connectivity index (χ0v) is 18.5. The highest BCUT2D eigenvalue weighted by molar-refractivity contribution is 5.92. The number of hydrogen-bond donors (Lipinski definition) is 0. The molecule has 0 N–H and O–H groups in total. The van der Waals surface area contributed by atoms with Gasteiger partial charge in [-0.05, 0) is 90.7 Å². The van der Waals surface area contributed by atoms with Crippen LogP contribution in [0.3, 0.4) is 0 Å². The predicted octanol–water partition coefficient (Wildman–Crippen LogP) is 6.37. The third-order valence-corrected chi connectivity index (χ3v) is 9.36. The second kappa shape index (κ2) is 7.39. The first-order valence-electron chi connectivity index (χ1n) is 12.2. The lowest BCUT2D eigenvalue weighted by Gasteiger charge is -2.54. The van der Waals surface area contributed by atoms with E-state index >= 15 is 0 Å². The van der Waals surface area contributed by atoms with E-state index in [0.29, 0.717) is 29.5 Å². The number of carbonyl (C=O) groups is 1. The average molecular weight is 413 g/mol. The molecule has 1 aromatic heterocycles. The van der Waals surface area contributed by atoms with Gasteiger partial charge >= 0.3 is 0 Å². The molecule has 1 heterocycles. The fourth-order valence-corrected chi connectivity index (χ4v) is 7.98. The summed E-state index contributed by atoms with van der Waals surface area (Å²) >= 11 is 0. The molecule has 3 heteroatoms. The third kappa shape index (κ3) is 3.20. The molecule has 1 aromatic carbocycles. The average Bonchev–Trinajstić information content (AvgIpc) is 3.21. The number of fused-ring (bicyclic) bond motifs is 5. The van der Waals surface area contributed by atoms with E-state index in [1.807, 2.05) is 18.5 Å². The molecule has 0 spiro atoms. The van der Waals surface area contributed by atoms with Crippen molar-refractivity contribution in [2.45, 2.75) is 64.2 Å². The van der Waals surface area contributed by atoms with Gasteiger partial charge in [-0.3, -0.25) is 4.79 Å². The molecule has 1 unspecified atom stereocenters. The summed E-state index contributed by atoms with van der Waals surface area (Å²) in [6, 6.07) is 8.89. The molecule has 0 saturated heterocycles. The summed E-state index contributed by atoms with van der Waals surface area (Å²) in [4.78, 5) is 21.0. The van der Waals surface area contributed by atoms with Gasteiger partial charge in [-0.2, -0.15) is 0 Å². The molecule has 0 radical (unpaired) electrons. The van der Waals surface area contributed by atoms with E-state index in [1.54, 1.807) is 6.33 Å². The predicted molar refractivity (Wildman–Crippen MR) is 122 cm³/mol. The van der Waals surface area contributed by atoms with Crippen LogP contribution in [0.2, 0.25) is 0 Å². The highest BCUT2D eigenvalue weighted by atomic mass is 16.1. The number of benzene rings is 1. The van der Waals surface area contributed by atoms with Crippen molar-refractivity contribution in [3.05, 3.63) is 60.2 Å². The molecule has 31 heavy (non-hydrogen) atoms. The number of carbonyl (C=O) groups excluding carboxylic acids is 1. The number of ketones is 1. The van der Waals surface area contributed by atoms with Crippen molar-refractivity contribution < 1.29 is 4.79 Å². The fourth-order valence-electron chi connectivity index (χ4n) is 7.98. The molecule has 2 aromatic rings. The van der Waals surface area contributed by atoms with Crippen LogP contribution in [0.5, 0.6) is 0 Å². The molecule has 4 aliphatic carbocycles. The molecular weight excluding hydrogens is 380 g/mol. The number of nitrogens with zero attached hydrogens (tertiary/aromatic N) is 2. The topological polar surface area (TPSA) is 42.9 Å². The standard InChI is InChI=1S/C28H32N2O/c1-28-11-2-3-26(28)23-9-8-20-13-22(31)14-25(27(20)24(23)10-12-28)19-6-4-18(5-7-19)21-15-29-17-30-16-21/h4-7,13,15-17,23-27H,2-3,8-12,14H2,1H3/t23-,24+,25?,26+,27+,28+/m1/s1. The van der Waals surface area contributed by atoms with Gasteiger partial charge in [-0.1, -0.05) is 43.2 Å². The molecular formula is C28H32N2O. The fraction of sp³-hybridized carbons (Fsp3) is 0.536. The van der Waals surface area contributed by atoms with Crippen molar-refractivity contribution in [3.8, 4) is 11.1 Å². The van der Waals surface area contributed by atoms with Gasteiger partial charge in [0.05, 0.1) is 0 Å². The summed E-state index contributed by atoms with van der Waals surface area (Å²) in [6.07, 6.45) is 17.5. The summed E-state index contributed by atoms with van der Waals surface area (Å²) in [5.41, 5.74) is 5.57. The van der Waals surface area contributed by atoms with Crippen molar-refractivity contribution in [2.24, 2.45) is 29.1 Å². The largest absolute Gasteiger partial charge is 0.295 e. The Balaban J connectivity index is 1.33. The number of rotatable bonds is 2. The Morgan fingerprint density at radius 2 is 1.74 bits per heavy atom. The molecule has 0 aliphatic heterocycles. The van der Waals surface area contributed by atoms with Gasteiger partial charge in [0, 0.05) is 24.4 Å². The van der Waals surface area contributed by atoms with Crippen molar-refractivity contribution in [2.75, 3.05) is 0 Å². The van der Waals surface area contributed by atoms with Crippen LogP contribution in [0.4, 0.5) is 0 Å². The van der Waals surface area contributed by atoms with Crippen LogP contribution in [0, 0.1) is 29.1 Å². The zero-order chi connectivity index (χ0) is 21.0. The van der Waals surface area contributed by atoms with Crippen LogP contribution in [-0.2, 0) is 4.79 Å². The van der Waals surface area contributed by atoms with Gasteiger partial charge in [-0.15, -0.1) is 0 Å². The van der Waals surface area contributed by atoms with E-state index in [0.717, 1.165) is 35.3 Å². The van der Waals surface area contributed by atoms with E-state index < -0.39 is 0 Å². The number of hydrogen-bond acceptors (Lipinski definition) is 3. The van der Waals surface area contributed by atoms with Crippen molar-refractivity contribution in [1.29, 1.82) is 0 Å².